The second-order valence-corrected chi connectivity index (χ2v) is 5.00. The predicted octanol–water partition coefficient (Wildman–Crippen LogP) is 2.93. The topological polar surface area (TPSA) is 115 Å². The highest BCUT2D eigenvalue weighted by Gasteiger charge is 2.18. The highest BCUT2D eigenvalue weighted by Crippen LogP contribution is 2.33. The standard InChI is InChI=1S/C16H15N5O4/c1-24-14-8-15(25-2)13(21(22)23)7-10(14)9-17-20-16-18-11-5-3-4-6-12(11)19-16/h3-9H,1-2H3,(H2,18,19,20)/b17-9-. The van der Waals surface area contributed by atoms with E-state index in [0.717, 1.165) is 11.0 Å². The number of ether oxygens (including phenoxy) is 2. The van der Waals surface area contributed by atoms with E-state index in [2.05, 4.69) is 20.5 Å². The zero-order chi connectivity index (χ0) is 17.8. The Kier molecular flexibility index (Phi) is 4.46. The monoisotopic (exact) mass is 341 g/mol. The molecular weight excluding hydrogens is 326 g/mol. The van der Waals surface area contributed by atoms with Crippen molar-refractivity contribution in [2.24, 2.45) is 5.10 Å². The molecular formula is C16H15N5O4. The SMILES string of the molecule is COc1cc(OC)c([N+](=O)[O-])cc1/C=N\Nc1nc2ccccc2[nH]1. The smallest absolute Gasteiger partial charge is 0.311 e. The lowest BCUT2D eigenvalue weighted by molar-refractivity contribution is -0.385. The molecule has 0 saturated heterocycles. The molecule has 128 valence electrons. The first-order chi connectivity index (χ1) is 12.1. The Labute approximate surface area is 142 Å². The molecule has 0 saturated carbocycles. The lowest BCUT2D eigenvalue weighted by Gasteiger charge is -2.08. The van der Waals surface area contributed by atoms with Crippen LogP contribution in [0.25, 0.3) is 11.0 Å². The number of hydrogen-bond acceptors (Lipinski definition) is 7. The minimum absolute atomic E-state index is 0.115. The number of aromatic amines is 1. The highest BCUT2D eigenvalue weighted by molar-refractivity contribution is 5.86. The molecule has 0 fully saturated rings. The average molecular weight is 341 g/mol. The summed E-state index contributed by atoms with van der Waals surface area (Å²) in [5, 5.41) is 15.2. The van der Waals surface area contributed by atoms with Crippen LogP contribution in [0.1, 0.15) is 5.56 Å². The molecule has 2 aromatic carbocycles. The number of nitro groups is 1. The number of para-hydroxylation sites is 2. The number of rotatable bonds is 6. The van der Waals surface area contributed by atoms with Crippen molar-refractivity contribution in [3.8, 4) is 11.5 Å². The summed E-state index contributed by atoms with van der Waals surface area (Å²) in [5.74, 6) is 0.973. The van der Waals surface area contributed by atoms with Crippen molar-refractivity contribution in [1.82, 2.24) is 9.97 Å². The van der Waals surface area contributed by atoms with Crippen LogP contribution in [0.5, 0.6) is 11.5 Å². The molecule has 0 amide bonds. The molecule has 9 heteroatoms. The summed E-state index contributed by atoms with van der Waals surface area (Å²) in [4.78, 5) is 18.0. The average Bonchev–Trinajstić information content (AvgIpc) is 3.03. The summed E-state index contributed by atoms with van der Waals surface area (Å²) in [6.07, 6.45) is 1.42. The largest absolute Gasteiger partial charge is 0.496 e. The number of imidazole rings is 1. The third-order valence-corrected chi connectivity index (χ3v) is 3.49. The van der Waals surface area contributed by atoms with Crippen LogP contribution in [0.4, 0.5) is 11.6 Å². The molecule has 2 N–H and O–H groups in total. The van der Waals surface area contributed by atoms with Crippen molar-refractivity contribution in [3.05, 3.63) is 52.1 Å². The van der Waals surface area contributed by atoms with E-state index in [1.54, 1.807) is 0 Å². The van der Waals surface area contributed by atoms with Gasteiger partial charge in [-0.1, -0.05) is 12.1 Å². The molecule has 0 aliphatic rings. The van der Waals surface area contributed by atoms with Gasteiger partial charge in [0, 0.05) is 17.7 Å². The first-order valence-electron chi connectivity index (χ1n) is 7.26. The minimum Gasteiger partial charge on any atom is -0.496 e. The van der Waals surface area contributed by atoms with Crippen molar-refractivity contribution in [2.75, 3.05) is 19.6 Å². The number of hydrogen-bond donors (Lipinski definition) is 2. The summed E-state index contributed by atoms with van der Waals surface area (Å²) < 4.78 is 10.2. The second-order valence-electron chi connectivity index (χ2n) is 5.00. The maximum atomic E-state index is 11.1. The number of methoxy groups -OCH3 is 2. The number of benzene rings is 2. The number of fused-ring (bicyclic) bond motifs is 1. The van der Waals surface area contributed by atoms with Gasteiger partial charge < -0.3 is 14.5 Å². The Hall–Kier alpha value is -3.62. The van der Waals surface area contributed by atoms with Crippen LogP contribution >= 0.6 is 0 Å². The first kappa shape index (κ1) is 16.2. The van der Waals surface area contributed by atoms with Gasteiger partial charge in [0.25, 0.3) is 0 Å². The van der Waals surface area contributed by atoms with E-state index < -0.39 is 4.92 Å². The lowest BCUT2D eigenvalue weighted by atomic mass is 10.1. The molecule has 9 nitrogen and oxygen atoms in total. The van der Waals surface area contributed by atoms with E-state index in [0.29, 0.717) is 17.3 Å². The lowest BCUT2D eigenvalue weighted by Crippen LogP contribution is -1.99. The van der Waals surface area contributed by atoms with Crippen LogP contribution < -0.4 is 14.9 Å². The Balaban J connectivity index is 1.86. The van der Waals surface area contributed by atoms with Gasteiger partial charge in [0.15, 0.2) is 0 Å². The molecule has 0 aliphatic carbocycles. The van der Waals surface area contributed by atoms with E-state index in [9.17, 15) is 10.1 Å². The fraction of sp³-hybridized carbons (Fsp3) is 0.125. The van der Waals surface area contributed by atoms with Gasteiger partial charge in [0.1, 0.15) is 5.75 Å². The van der Waals surface area contributed by atoms with E-state index in [1.807, 2.05) is 24.3 Å². The van der Waals surface area contributed by atoms with Crippen LogP contribution in [0.2, 0.25) is 0 Å². The zero-order valence-electron chi connectivity index (χ0n) is 13.5. The van der Waals surface area contributed by atoms with Crippen LogP contribution in [-0.4, -0.2) is 35.3 Å². The molecule has 3 aromatic rings. The zero-order valence-corrected chi connectivity index (χ0v) is 13.5. The fourth-order valence-corrected chi connectivity index (χ4v) is 2.32. The van der Waals surface area contributed by atoms with E-state index in [-0.39, 0.29) is 11.4 Å². The van der Waals surface area contributed by atoms with Gasteiger partial charge in [-0.25, -0.2) is 10.4 Å². The highest BCUT2D eigenvalue weighted by atomic mass is 16.6. The van der Waals surface area contributed by atoms with E-state index in [4.69, 9.17) is 9.47 Å². The van der Waals surface area contributed by atoms with Crippen LogP contribution in [0, 0.1) is 10.1 Å². The van der Waals surface area contributed by atoms with Gasteiger partial charge in [0.05, 0.1) is 36.4 Å². The Morgan fingerprint density at radius 3 is 2.68 bits per heavy atom. The molecule has 0 unspecified atom stereocenters. The number of H-pyrrole nitrogens is 1. The quantitative estimate of drug-likeness (QED) is 0.405. The number of nitrogens with zero attached hydrogens (tertiary/aromatic N) is 3. The van der Waals surface area contributed by atoms with Crippen LogP contribution in [0.15, 0.2) is 41.5 Å². The molecule has 25 heavy (non-hydrogen) atoms. The maximum absolute atomic E-state index is 11.1. The third-order valence-electron chi connectivity index (χ3n) is 3.49. The molecule has 1 heterocycles. The van der Waals surface area contributed by atoms with Crippen molar-refractivity contribution in [3.63, 3.8) is 0 Å². The van der Waals surface area contributed by atoms with Gasteiger partial charge in [0.2, 0.25) is 11.7 Å². The molecule has 0 aliphatic heterocycles. The molecule has 0 atom stereocenters. The molecule has 3 rings (SSSR count). The number of anilines is 1. The van der Waals surface area contributed by atoms with Crippen molar-refractivity contribution in [1.29, 1.82) is 0 Å². The van der Waals surface area contributed by atoms with E-state index >= 15 is 0 Å². The van der Waals surface area contributed by atoms with Gasteiger partial charge >= 0.3 is 5.69 Å². The Morgan fingerprint density at radius 1 is 1.24 bits per heavy atom. The van der Waals surface area contributed by atoms with Gasteiger partial charge in [-0.2, -0.15) is 5.10 Å². The Bertz CT molecular complexity index is 918. The number of nitro benzene ring substituents is 1. The van der Waals surface area contributed by atoms with Gasteiger partial charge in [-0.05, 0) is 12.1 Å². The van der Waals surface area contributed by atoms with Gasteiger partial charge in [-0.15, -0.1) is 0 Å². The molecule has 0 spiro atoms. The number of hydrazone groups is 1. The van der Waals surface area contributed by atoms with Crippen molar-refractivity contribution in [2.45, 2.75) is 0 Å². The van der Waals surface area contributed by atoms with Crippen LogP contribution in [-0.2, 0) is 0 Å². The van der Waals surface area contributed by atoms with Gasteiger partial charge in [-0.3, -0.25) is 10.1 Å². The third kappa shape index (κ3) is 3.34. The molecule has 1 aromatic heterocycles. The Morgan fingerprint density at radius 2 is 2.00 bits per heavy atom. The van der Waals surface area contributed by atoms with Crippen molar-refractivity contribution >= 4 is 28.9 Å². The normalized spacial score (nSPS) is 11.0. The summed E-state index contributed by atoms with van der Waals surface area (Å²) in [7, 11) is 2.82. The summed E-state index contributed by atoms with van der Waals surface area (Å²) >= 11 is 0. The van der Waals surface area contributed by atoms with Crippen LogP contribution in [0.3, 0.4) is 0 Å². The number of aromatic nitrogens is 2. The van der Waals surface area contributed by atoms with Crippen molar-refractivity contribution < 1.29 is 14.4 Å². The fourth-order valence-electron chi connectivity index (χ4n) is 2.32. The first-order valence-corrected chi connectivity index (χ1v) is 7.26. The maximum Gasteiger partial charge on any atom is 0.311 e. The molecule has 0 radical (unpaired) electrons. The number of nitrogens with one attached hydrogen (secondary N) is 2. The summed E-state index contributed by atoms with van der Waals surface area (Å²) in [6.45, 7) is 0. The molecule has 0 bridgehead atoms. The van der Waals surface area contributed by atoms with E-state index in [1.165, 1.54) is 32.6 Å². The minimum atomic E-state index is -0.526. The summed E-state index contributed by atoms with van der Waals surface area (Å²) in [6, 6.07) is 10.3. The predicted molar refractivity (Wildman–Crippen MR) is 93.5 cm³/mol. The second kappa shape index (κ2) is 6.87. The summed E-state index contributed by atoms with van der Waals surface area (Å²) in [5.41, 5.74) is 4.69.